The van der Waals surface area contributed by atoms with Crippen molar-refractivity contribution in [1.82, 2.24) is 15.3 Å². The predicted octanol–water partition coefficient (Wildman–Crippen LogP) is 0.474. The summed E-state index contributed by atoms with van der Waals surface area (Å²) in [6.45, 7) is 3.89. The SMILES string of the molecule is COCCNCC(O)CSc1nccc(C)n1. The lowest BCUT2D eigenvalue weighted by Crippen LogP contribution is -2.30. The van der Waals surface area contributed by atoms with Crippen LogP contribution in [0.4, 0.5) is 0 Å². The number of nitrogens with one attached hydrogen (secondary N) is 1. The van der Waals surface area contributed by atoms with E-state index in [1.807, 2.05) is 13.0 Å². The van der Waals surface area contributed by atoms with Gasteiger partial charge in [-0.05, 0) is 13.0 Å². The quantitative estimate of drug-likeness (QED) is 0.401. The van der Waals surface area contributed by atoms with Crippen LogP contribution in [0.25, 0.3) is 0 Å². The molecular weight excluding hydrogens is 238 g/mol. The second-order valence-corrected chi connectivity index (χ2v) is 4.63. The molecule has 0 aliphatic rings. The molecule has 1 aromatic heterocycles. The molecule has 1 heterocycles. The lowest BCUT2D eigenvalue weighted by molar-refractivity contribution is 0.175. The number of aliphatic hydroxyl groups excluding tert-OH is 1. The molecule has 0 aromatic carbocycles. The summed E-state index contributed by atoms with van der Waals surface area (Å²) in [5.74, 6) is 0.587. The van der Waals surface area contributed by atoms with Gasteiger partial charge < -0.3 is 15.2 Å². The molecular formula is C11H19N3O2S. The molecule has 0 aliphatic heterocycles. The van der Waals surface area contributed by atoms with Crippen molar-refractivity contribution in [3.05, 3.63) is 18.0 Å². The highest BCUT2D eigenvalue weighted by atomic mass is 32.2. The Bertz CT molecular complexity index is 325. The first-order chi connectivity index (χ1) is 8.22. The fraction of sp³-hybridized carbons (Fsp3) is 0.636. The summed E-state index contributed by atoms with van der Waals surface area (Å²) < 4.78 is 4.90. The maximum Gasteiger partial charge on any atom is 0.187 e. The van der Waals surface area contributed by atoms with Gasteiger partial charge in [-0.2, -0.15) is 0 Å². The number of thioether (sulfide) groups is 1. The Morgan fingerprint density at radius 1 is 1.59 bits per heavy atom. The number of ether oxygens (including phenoxy) is 1. The van der Waals surface area contributed by atoms with Crippen molar-refractivity contribution in [3.63, 3.8) is 0 Å². The first-order valence-electron chi connectivity index (χ1n) is 5.52. The largest absolute Gasteiger partial charge is 0.391 e. The molecule has 96 valence electrons. The summed E-state index contributed by atoms with van der Waals surface area (Å²) in [5, 5.41) is 13.5. The molecule has 5 nitrogen and oxygen atoms in total. The van der Waals surface area contributed by atoms with Crippen LogP contribution in [0.3, 0.4) is 0 Å². The van der Waals surface area contributed by atoms with Gasteiger partial charge in [0.2, 0.25) is 0 Å². The van der Waals surface area contributed by atoms with E-state index in [-0.39, 0.29) is 0 Å². The third-order valence-corrected chi connectivity index (χ3v) is 3.05. The summed E-state index contributed by atoms with van der Waals surface area (Å²) in [4.78, 5) is 8.38. The van der Waals surface area contributed by atoms with Crippen molar-refractivity contribution in [3.8, 4) is 0 Å². The molecule has 17 heavy (non-hydrogen) atoms. The van der Waals surface area contributed by atoms with Crippen molar-refractivity contribution in [2.75, 3.05) is 32.6 Å². The molecule has 0 spiro atoms. The summed E-state index contributed by atoms with van der Waals surface area (Å²) in [7, 11) is 1.66. The number of aromatic nitrogens is 2. The molecule has 0 saturated heterocycles. The molecule has 6 heteroatoms. The van der Waals surface area contributed by atoms with Crippen LogP contribution in [0.15, 0.2) is 17.4 Å². The molecule has 2 N–H and O–H groups in total. The number of rotatable bonds is 8. The number of hydrogen-bond acceptors (Lipinski definition) is 6. The molecule has 1 atom stereocenters. The number of aryl methyl sites for hydroxylation is 1. The molecule has 1 unspecified atom stereocenters. The molecule has 0 radical (unpaired) electrons. The van der Waals surface area contributed by atoms with E-state index in [0.29, 0.717) is 24.1 Å². The fourth-order valence-corrected chi connectivity index (χ4v) is 1.97. The van der Waals surface area contributed by atoms with Gasteiger partial charge in [0.15, 0.2) is 5.16 Å². The van der Waals surface area contributed by atoms with Crippen molar-refractivity contribution >= 4 is 11.8 Å². The lowest BCUT2D eigenvalue weighted by Gasteiger charge is -2.10. The normalized spacial score (nSPS) is 12.6. The van der Waals surface area contributed by atoms with Crippen molar-refractivity contribution < 1.29 is 9.84 Å². The van der Waals surface area contributed by atoms with E-state index in [9.17, 15) is 5.11 Å². The van der Waals surface area contributed by atoms with Crippen LogP contribution in [0.2, 0.25) is 0 Å². The van der Waals surface area contributed by atoms with Gasteiger partial charge in [0.25, 0.3) is 0 Å². The van der Waals surface area contributed by atoms with E-state index < -0.39 is 6.10 Å². The van der Waals surface area contributed by atoms with E-state index in [4.69, 9.17) is 4.74 Å². The van der Waals surface area contributed by atoms with Crippen LogP contribution in [-0.4, -0.2) is 53.7 Å². The zero-order chi connectivity index (χ0) is 12.5. The monoisotopic (exact) mass is 257 g/mol. The van der Waals surface area contributed by atoms with Crippen LogP contribution in [-0.2, 0) is 4.74 Å². The van der Waals surface area contributed by atoms with Crippen LogP contribution >= 0.6 is 11.8 Å². The third-order valence-electron chi connectivity index (χ3n) is 2.04. The van der Waals surface area contributed by atoms with E-state index in [0.717, 1.165) is 12.2 Å². The minimum Gasteiger partial charge on any atom is -0.391 e. The molecule has 0 saturated carbocycles. The highest BCUT2D eigenvalue weighted by molar-refractivity contribution is 7.99. The maximum absolute atomic E-state index is 9.70. The molecule has 0 bridgehead atoms. The standard InChI is InChI=1S/C11H19N3O2S/c1-9-3-4-13-11(14-9)17-8-10(15)7-12-5-6-16-2/h3-4,10,12,15H,5-8H2,1-2H3. The Kier molecular flexibility index (Phi) is 7.11. The van der Waals surface area contributed by atoms with Gasteiger partial charge in [0.1, 0.15) is 0 Å². The summed E-state index contributed by atoms with van der Waals surface area (Å²) in [5.41, 5.74) is 0.940. The number of aliphatic hydroxyl groups is 1. The van der Waals surface area contributed by atoms with E-state index in [1.165, 1.54) is 11.8 Å². The van der Waals surface area contributed by atoms with Crippen LogP contribution in [0.5, 0.6) is 0 Å². The van der Waals surface area contributed by atoms with Gasteiger partial charge in [0, 0.05) is 37.8 Å². The zero-order valence-electron chi connectivity index (χ0n) is 10.2. The second kappa shape index (κ2) is 8.41. The third kappa shape index (κ3) is 6.58. The van der Waals surface area contributed by atoms with E-state index >= 15 is 0 Å². The lowest BCUT2D eigenvalue weighted by atomic mass is 10.4. The molecule has 0 fully saturated rings. The Morgan fingerprint density at radius 3 is 3.12 bits per heavy atom. The van der Waals surface area contributed by atoms with E-state index in [1.54, 1.807) is 13.3 Å². The second-order valence-electron chi connectivity index (χ2n) is 3.64. The fourth-order valence-electron chi connectivity index (χ4n) is 1.17. The predicted molar refractivity (Wildman–Crippen MR) is 68.2 cm³/mol. The summed E-state index contributed by atoms with van der Waals surface area (Å²) in [6, 6.07) is 1.85. The molecule has 0 aliphatic carbocycles. The minimum atomic E-state index is -0.402. The molecule has 1 aromatic rings. The van der Waals surface area contributed by atoms with Gasteiger partial charge in [-0.15, -0.1) is 0 Å². The molecule has 0 amide bonds. The smallest absolute Gasteiger partial charge is 0.187 e. The van der Waals surface area contributed by atoms with Gasteiger partial charge >= 0.3 is 0 Å². The Balaban J connectivity index is 2.17. The average molecular weight is 257 g/mol. The van der Waals surface area contributed by atoms with Gasteiger partial charge in [0.05, 0.1) is 12.7 Å². The first-order valence-corrected chi connectivity index (χ1v) is 6.51. The Morgan fingerprint density at radius 2 is 2.41 bits per heavy atom. The van der Waals surface area contributed by atoms with E-state index in [2.05, 4.69) is 15.3 Å². The first kappa shape index (κ1) is 14.4. The Labute approximate surface area is 106 Å². The van der Waals surface area contributed by atoms with Gasteiger partial charge in [-0.1, -0.05) is 11.8 Å². The van der Waals surface area contributed by atoms with Crippen molar-refractivity contribution in [1.29, 1.82) is 0 Å². The maximum atomic E-state index is 9.70. The van der Waals surface area contributed by atoms with Crippen molar-refractivity contribution in [2.24, 2.45) is 0 Å². The topological polar surface area (TPSA) is 67.3 Å². The van der Waals surface area contributed by atoms with Crippen LogP contribution in [0, 0.1) is 6.92 Å². The zero-order valence-corrected chi connectivity index (χ0v) is 11.0. The van der Waals surface area contributed by atoms with Crippen molar-refractivity contribution in [2.45, 2.75) is 18.2 Å². The average Bonchev–Trinajstić information content (AvgIpc) is 2.32. The van der Waals surface area contributed by atoms with Gasteiger partial charge in [-0.3, -0.25) is 0 Å². The highest BCUT2D eigenvalue weighted by Crippen LogP contribution is 2.13. The summed E-state index contributed by atoms with van der Waals surface area (Å²) in [6.07, 6.45) is 1.33. The molecule has 1 rings (SSSR count). The Hall–Kier alpha value is -0.690. The minimum absolute atomic E-state index is 0.402. The van der Waals surface area contributed by atoms with Crippen LogP contribution < -0.4 is 5.32 Å². The van der Waals surface area contributed by atoms with Gasteiger partial charge in [-0.25, -0.2) is 9.97 Å². The van der Waals surface area contributed by atoms with Crippen LogP contribution in [0.1, 0.15) is 5.69 Å². The number of methoxy groups -OCH3 is 1. The number of nitrogens with zero attached hydrogens (tertiary/aromatic N) is 2. The number of hydrogen-bond donors (Lipinski definition) is 2. The highest BCUT2D eigenvalue weighted by Gasteiger charge is 2.06. The summed E-state index contributed by atoms with van der Waals surface area (Å²) >= 11 is 1.46.